The van der Waals surface area contributed by atoms with E-state index in [1.54, 1.807) is 0 Å². The Morgan fingerprint density at radius 3 is 0.704 bits per heavy atom. The average molecular weight is 1440 g/mol. The van der Waals surface area contributed by atoms with Crippen molar-refractivity contribution in [1.82, 2.24) is 0 Å². The minimum Gasteiger partial charge on any atom is -0.462 e. The highest BCUT2D eigenvalue weighted by atomic mass is 31.2. The molecule has 0 aliphatic carbocycles. The summed E-state index contributed by atoms with van der Waals surface area (Å²) < 4.78 is 68.7. The molecular formula is C79H152O17P2. The lowest BCUT2D eigenvalue weighted by atomic mass is 10.0. The highest BCUT2D eigenvalue weighted by Gasteiger charge is 2.30. The number of esters is 4. The van der Waals surface area contributed by atoms with E-state index in [1.165, 1.54) is 225 Å². The zero-order valence-electron chi connectivity index (χ0n) is 63.5. The van der Waals surface area contributed by atoms with Gasteiger partial charge in [0.25, 0.3) is 0 Å². The lowest BCUT2D eigenvalue weighted by Crippen LogP contribution is -2.30. The van der Waals surface area contributed by atoms with Crippen LogP contribution in [0.15, 0.2) is 12.2 Å². The summed E-state index contributed by atoms with van der Waals surface area (Å²) >= 11 is 0. The molecule has 0 spiro atoms. The second-order valence-electron chi connectivity index (χ2n) is 28.1. The van der Waals surface area contributed by atoms with Crippen LogP contribution in [0.25, 0.3) is 0 Å². The fourth-order valence-electron chi connectivity index (χ4n) is 12.0. The molecule has 0 aromatic rings. The Labute approximate surface area is 600 Å². The van der Waals surface area contributed by atoms with Gasteiger partial charge in [-0.15, -0.1) is 0 Å². The van der Waals surface area contributed by atoms with Crippen molar-refractivity contribution in [3.8, 4) is 0 Å². The zero-order chi connectivity index (χ0) is 71.8. The van der Waals surface area contributed by atoms with Gasteiger partial charge in [0.2, 0.25) is 0 Å². The van der Waals surface area contributed by atoms with E-state index in [9.17, 15) is 43.2 Å². The second-order valence-corrected chi connectivity index (χ2v) is 31.0. The molecule has 0 heterocycles. The second kappa shape index (κ2) is 73.1. The van der Waals surface area contributed by atoms with E-state index in [4.69, 9.17) is 37.0 Å². The largest absolute Gasteiger partial charge is 0.472 e. The van der Waals surface area contributed by atoms with E-state index in [-0.39, 0.29) is 25.7 Å². The standard InChI is InChI=1S/C79H152O17P2/c1-5-9-13-17-21-25-29-33-35-36-38-42-46-50-54-58-62-66-79(84)96-75(70-90-77(82)64-60-56-52-48-44-41-37-34-30-26-22-18-14-10-6-2)72-94-98(87,88)92-68-73(80)67-91-97(85,86)93-71-74(95-78(83)65-61-57-53-49-45-40-32-28-24-20-16-12-8-4)69-89-76(81)63-59-55-51-47-43-39-31-27-23-19-15-11-7-3/h34,37,73-75,80H,5-33,35-36,38-72H2,1-4H3,(H,85,86)(H,87,88)/b37-34-/t73-,74+,75+/m0/s1. The van der Waals surface area contributed by atoms with Gasteiger partial charge in [0, 0.05) is 25.7 Å². The number of unbranched alkanes of at least 4 members (excludes halogenated alkanes) is 51. The number of allylic oxidation sites excluding steroid dienone is 2. The van der Waals surface area contributed by atoms with Crippen molar-refractivity contribution in [2.24, 2.45) is 0 Å². The van der Waals surface area contributed by atoms with Gasteiger partial charge in [-0.3, -0.25) is 37.3 Å². The van der Waals surface area contributed by atoms with Gasteiger partial charge in [-0.25, -0.2) is 9.13 Å². The van der Waals surface area contributed by atoms with Crippen LogP contribution in [0.2, 0.25) is 0 Å². The van der Waals surface area contributed by atoms with E-state index < -0.39 is 97.5 Å². The van der Waals surface area contributed by atoms with Gasteiger partial charge < -0.3 is 33.8 Å². The smallest absolute Gasteiger partial charge is 0.462 e. The van der Waals surface area contributed by atoms with Gasteiger partial charge in [0.05, 0.1) is 26.4 Å². The summed E-state index contributed by atoms with van der Waals surface area (Å²) in [6.45, 7) is 4.99. The number of ether oxygens (including phenoxy) is 4. The van der Waals surface area contributed by atoms with E-state index in [0.29, 0.717) is 25.7 Å². The molecule has 580 valence electrons. The van der Waals surface area contributed by atoms with Crippen LogP contribution in [-0.4, -0.2) is 96.7 Å². The third-order valence-electron chi connectivity index (χ3n) is 18.3. The van der Waals surface area contributed by atoms with Gasteiger partial charge in [-0.05, 0) is 51.4 Å². The van der Waals surface area contributed by atoms with E-state index in [0.717, 1.165) is 109 Å². The summed E-state index contributed by atoms with van der Waals surface area (Å²) in [5.74, 6) is -2.12. The Morgan fingerprint density at radius 2 is 0.469 bits per heavy atom. The predicted octanol–water partition coefficient (Wildman–Crippen LogP) is 23.6. The Kier molecular flexibility index (Phi) is 71.5. The van der Waals surface area contributed by atoms with Gasteiger partial charge in [-0.2, -0.15) is 0 Å². The first kappa shape index (κ1) is 95.8. The fraction of sp³-hybridized carbons (Fsp3) is 0.924. The van der Waals surface area contributed by atoms with Crippen molar-refractivity contribution >= 4 is 39.5 Å². The summed E-state index contributed by atoms with van der Waals surface area (Å²) in [5.41, 5.74) is 0. The highest BCUT2D eigenvalue weighted by molar-refractivity contribution is 7.47. The van der Waals surface area contributed by atoms with Gasteiger partial charge >= 0.3 is 39.5 Å². The van der Waals surface area contributed by atoms with Crippen LogP contribution in [0.5, 0.6) is 0 Å². The molecule has 0 aromatic heterocycles. The van der Waals surface area contributed by atoms with Crippen LogP contribution < -0.4 is 0 Å². The molecule has 0 fully saturated rings. The quantitative estimate of drug-likeness (QED) is 0.0169. The van der Waals surface area contributed by atoms with Crippen molar-refractivity contribution in [2.45, 2.75) is 431 Å². The van der Waals surface area contributed by atoms with Crippen LogP contribution >= 0.6 is 15.6 Å². The molecule has 19 heteroatoms. The molecule has 0 aliphatic rings. The van der Waals surface area contributed by atoms with Crippen molar-refractivity contribution in [3.05, 3.63) is 12.2 Å². The first-order chi connectivity index (χ1) is 47.7. The van der Waals surface area contributed by atoms with E-state index >= 15 is 0 Å². The van der Waals surface area contributed by atoms with Crippen molar-refractivity contribution in [1.29, 1.82) is 0 Å². The minimum atomic E-state index is -4.96. The molecule has 0 aromatic carbocycles. The number of aliphatic hydroxyl groups is 1. The first-order valence-electron chi connectivity index (χ1n) is 40.9. The molecule has 17 nitrogen and oxygen atoms in total. The molecule has 98 heavy (non-hydrogen) atoms. The lowest BCUT2D eigenvalue weighted by molar-refractivity contribution is -0.161. The van der Waals surface area contributed by atoms with Gasteiger partial charge in [0.15, 0.2) is 12.2 Å². The summed E-state index contributed by atoms with van der Waals surface area (Å²) in [6, 6.07) is 0. The Bertz CT molecular complexity index is 1910. The number of hydrogen-bond donors (Lipinski definition) is 3. The Hall–Kier alpha value is -2.20. The Balaban J connectivity index is 5.28. The predicted molar refractivity (Wildman–Crippen MR) is 400 cm³/mol. The molecule has 0 aliphatic heterocycles. The number of phosphoric ester groups is 2. The molecule has 5 atom stereocenters. The van der Waals surface area contributed by atoms with Gasteiger partial charge in [0.1, 0.15) is 19.3 Å². The summed E-state index contributed by atoms with van der Waals surface area (Å²) in [4.78, 5) is 73.0. The molecule has 0 rings (SSSR count). The summed E-state index contributed by atoms with van der Waals surface area (Å²) in [7, 11) is -9.92. The van der Waals surface area contributed by atoms with Crippen LogP contribution in [0.3, 0.4) is 0 Å². The third-order valence-corrected chi connectivity index (χ3v) is 20.2. The number of hydrogen-bond acceptors (Lipinski definition) is 15. The number of carbonyl (C=O) groups excluding carboxylic acids is 4. The summed E-state index contributed by atoms with van der Waals surface area (Å²) in [6.07, 6.45) is 66.1. The molecular weight excluding hydrogens is 1280 g/mol. The van der Waals surface area contributed by atoms with Crippen molar-refractivity contribution in [2.75, 3.05) is 39.6 Å². The molecule has 0 amide bonds. The monoisotopic (exact) mass is 1440 g/mol. The van der Waals surface area contributed by atoms with Crippen molar-refractivity contribution < 1.29 is 80.2 Å². The molecule has 0 saturated heterocycles. The summed E-state index contributed by atoms with van der Waals surface area (Å²) in [5, 5.41) is 10.6. The molecule has 3 N–H and O–H groups in total. The maximum Gasteiger partial charge on any atom is 0.472 e. The SMILES string of the molecule is CCCCCCCC/C=C\CCCCCCCC(=O)OC[C@H](COP(=O)(O)OC[C@@H](O)COP(=O)(O)OC[C@@H](COC(=O)CCCCCCCCCCCCCCC)OC(=O)CCCCCCCCCCCCCCC)OC(=O)CCCCCCCCCCCCCCCCCCC. The molecule has 2 unspecified atom stereocenters. The van der Waals surface area contributed by atoms with Crippen molar-refractivity contribution in [3.63, 3.8) is 0 Å². The van der Waals surface area contributed by atoms with Crippen LogP contribution in [-0.2, 0) is 65.4 Å². The maximum absolute atomic E-state index is 13.1. The zero-order valence-corrected chi connectivity index (χ0v) is 65.3. The van der Waals surface area contributed by atoms with Crippen LogP contribution in [0, 0.1) is 0 Å². The normalized spacial score (nSPS) is 13.9. The Morgan fingerprint density at radius 1 is 0.276 bits per heavy atom. The number of phosphoric acid groups is 2. The topological polar surface area (TPSA) is 237 Å². The first-order valence-corrected chi connectivity index (χ1v) is 43.9. The number of carbonyl (C=O) groups is 4. The van der Waals surface area contributed by atoms with Gasteiger partial charge in [-0.1, -0.05) is 348 Å². The van der Waals surface area contributed by atoms with Crippen LogP contribution in [0.4, 0.5) is 0 Å². The molecule has 0 radical (unpaired) electrons. The van der Waals surface area contributed by atoms with E-state index in [1.807, 2.05) is 0 Å². The third kappa shape index (κ3) is 72.2. The lowest BCUT2D eigenvalue weighted by Gasteiger charge is -2.21. The number of rotatable bonds is 79. The molecule has 0 bridgehead atoms. The van der Waals surface area contributed by atoms with E-state index in [2.05, 4.69) is 39.8 Å². The number of aliphatic hydroxyl groups excluding tert-OH is 1. The fourth-order valence-corrected chi connectivity index (χ4v) is 13.6. The highest BCUT2D eigenvalue weighted by Crippen LogP contribution is 2.45. The maximum atomic E-state index is 13.1. The minimum absolute atomic E-state index is 0.105. The molecule has 0 saturated carbocycles. The van der Waals surface area contributed by atoms with Crippen LogP contribution in [0.1, 0.15) is 413 Å². The average Bonchev–Trinajstić information content (AvgIpc) is 1.14.